The average Bonchev–Trinajstić information content (AvgIpc) is 2.26. The van der Waals surface area contributed by atoms with Crippen molar-refractivity contribution < 1.29 is 4.39 Å². The lowest BCUT2D eigenvalue weighted by Gasteiger charge is -2.31. The molecule has 1 aromatic carbocycles. The number of hydrogen-bond donors (Lipinski definition) is 1. The summed E-state index contributed by atoms with van der Waals surface area (Å²) < 4.78 is 13.2. The molecule has 0 amide bonds. The zero-order chi connectivity index (χ0) is 12.8. The molecule has 2 unspecified atom stereocenters. The Labute approximate surface area is 104 Å². The van der Waals surface area contributed by atoms with Gasteiger partial charge in [-0.3, -0.25) is 4.90 Å². The number of unbranched alkanes of at least 4 members (excludes halogenated alkanes) is 1. The van der Waals surface area contributed by atoms with E-state index in [4.69, 9.17) is 5.73 Å². The maximum Gasteiger partial charge on any atom is 0.123 e. The van der Waals surface area contributed by atoms with E-state index in [9.17, 15) is 4.39 Å². The Balaban J connectivity index is 2.85. The van der Waals surface area contributed by atoms with Gasteiger partial charge in [0.2, 0.25) is 0 Å². The molecular formula is C14H23FN2. The third-order valence-electron chi connectivity index (χ3n) is 3.03. The summed E-state index contributed by atoms with van der Waals surface area (Å²) in [6, 6.07) is 6.80. The summed E-state index contributed by atoms with van der Waals surface area (Å²) in [6.07, 6.45) is 2.29. The van der Waals surface area contributed by atoms with E-state index >= 15 is 0 Å². The van der Waals surface area contributed by atoms with Crippen molar-refractivity contribution in [3.8, 4) is 0 Å². The molecule has 1 aromatic rings. The standard InChI is InChI=1S/C14H23FN2/c1-4-5-9-17(3)14(11(2)16)12-7-6-8-13(15)10-12/h6-8,10-11,14H,4-5,9,16H2,1-3H3. The van der Waals surface area contributed by atoms with E-state index in [1.165, 1.54) is 6.07 Å². The first-order valence-corrected chi connectivity index (χ1v) is 6.27. The SMILES string of the molecule is CCCCN(C)C(c1cccc(F)c1)C(C)N. The lowest BCUT2D eigenvalue weighted by Crippen LogP contribution is -2.37. The highest BCUT2D eigenvalue weighted by molar-refractivity contribution is 5.21. The first kappa shape index (κ1) is 14.1. The molecule has 2 nitrogen and oxygen atoms in total. The first-order chi connectivity index (χ1) is 8.06. The molecule has 0 bridgehead atoms. The van der Waals surface area contributed by atoms with Crippen LogP contribution in [0.2, 0.25) is 0 Å². The third kappa shape index (κ3) is 4.10. The Kier molecular flexibility index (Phi) is 5.59. The summed E-state index contributed by atoms with van der Waals surface area (Å²) in [4.78, 5) is 2.21. The van der Waals surface area contributed by atoms with Gasteiger partial charge in [-0.05, 0) is 44.6 Å². The number of benzene rings is 1. The van der Waals surface area contributed by atoms with Crippen LogP contribution >= 0.6 is 0 Å². The summed E-state index contributed by atoms with van der Waals surface area (Å²) >= 11 is 0. The van der Waals surface area contributed by atoms with Gasteiger partial charge in [0.25, 0.3) is 0 Å². The Morgan fingerprint density at radius 2 is 2.12 bits per heavy atom. The quantitative estimate of drug-likeness (QED) is 0.825. The smallest absolute Gasteiger partial charge is 0.123 e. The molecule has 0 saturated heterocycles. The number of likely N-dealkylation sites (N-methyl/N-ethyl adjacent to an activating group) is 1. The minimum Gasteiger partial charge on any atom is -0.326 e. The topological polar surface area (TPSA) is 29.3 Å². The second-order valence-corrected chi connectivity index (χ2v) is 4.69. The van der Waals surface area contributed by atoms with Crippen molar-refractivity contribution in [3.63, 3.8) is 0 Å². The van der Waals surface area contributed by atoms with E-state index in [1.807, 2.05) is 13.0 Å². The molecule has 0 heterocycles. The molecule has 0 aliphatic rings. The first-order valence-electron chi connectivity index (χ1n) is 6.27. The van der Waals surface area contributed by atoms with Gasteiger partial charge in [-0.2, -0.15) is 0 Å². The van der Waals surface area contributed by atoms with Crippen LogP contribution in [0, 0.1) is 5.82 Å². The van der Waals surface area contributed by atoms with Crippen molar-refractivity contribution in [2.24, 2.45) is 5.73 Å². The van der Waals surface area contributed by atoms with Gasteiger partial charge in [0, 0.05) is 12.1 Å². The van der Waals surface area contributed by atoms with E-state index in [0.29, 0.717) is 0 Å². The lowest BCUT2D eigenvalue weighted by molar-refractivity contribution is 0.215. The van der Waals surface area contributed by atoms with Gasteiger partial charge in [-0.15, -0.1) is 0 Å². The van der Waals surface area contributed by atoms with Crippen LogP contribution < -0.4 is 5.73 Å². The molecule has 17 heavy (non-hydrogen) atoms. The third-order valence-corrected chi connectivity index (χ3v) is 3.03. The molecule has 0 saturated carbocycles. The Bertz CT molecular complexity index is 339. The van der Waals surface area contributed by atoms with Gasteiger partial charge in [0.05, 0.1) is 0 Å². The van der Waals surface area contributed by atoms with Crippen LogP contribution in [0.15, 0.2) is 24.3 Å². The van der Waals surface area contributed by atoms with Gasteiger partial charge in [-0.25, -0.2) is 4.39 Å². The van der Waals surface area contributed by atoms with Crippen molar-refractivity contribution in [3.05, 3.63) is 35.6 Å². The molecule has 0 aliphatic carbocycles. The number of nitrogens with two attached hydrogens (primary N) is 1. The zero-order valence-electron chi connectivity index (χ0n) is 11.0. The molecule has 0 aromatic heterocycles. The van der Waals surface area contributed by atoms with E-state index in [1.54, 1.807) is 12.1 Å². The van der Waals surface area contributed by atoms with Gasteiger partial charge >= 0.3 is 0 Å². The summed E-state index contributed by atoms with van der Waals surface area (Å²) in [5, 5.41) is 0. The minimum atomic E-state index is -0.197. The lowest BCUT2D eigenvalue weighted by atomic mass is 9.99. The number of halogens is 1. The van der Waals surface area contributed by atoms with Gasteiger partial charge in [0.15, 0.2) is 0 Å². The average molecular weight is 238 g/mol. The highest BCUT2D eigenvalue weighted by Crippen LogP contribution is 2.23. The Morgan fingerprint density at radius 3 is 2.65 bits per heavy atom. The second kappa shape index (κ2) is 6.72. The van der Waals surface area contributed by atoms with Crippen molar-refractivity contribution in [2.75, 3.05) is 13.6 Å². The predicted octanol–water partition coefficient (Wildman–Crippen LogP) is 2.95. The maximum atomic E-state index is 13.2. The molecule has 0 aliphatic heterocycles. The van der Waals surface area contributed by atoms with E-state index in [0.717, 1.165) is 24.9 Å². The summed E-state index contributed by atoms with van der Waals surface area (Å²) in [5.74, 6) is -0.197. The van der Waals surface area contributed by atoms with Crippen molar-refractivity contribution in [1.29, 1.82) is 0 Å². The van der Waals surface area contributed by atoms with Crippen LogP contribution in [0.3, 0.4) is 0 Å². The van der Waals surface area contributed by atoms with E-state index in [-0.39, 0.29) is 17.9 Å². The summed E-state index contributed by atoms with van der Waals surface area (Å²) in [7, 11) is 2.05. The highest BCUT2D eigenvalue weighted by Gasteiger charge is 2.20. The molecule has 2 atom stereocenters. The molecule has 2 N–H and O–H groups in total. The molecule has 0 radical (unpaired) electrons. The predicted molar refractivity (Wildman–Crippen MR) is 70.3 cm³/mol. The fraction of sp³-hybridized carbons (Fsp3) is 0.571. The number of rotatable bonds is 6. The largest absolute Gasteiger partial charge is 0.326 e. The Hall–Kier alpha value is -0.930. The molecule has 0 fully saturated rings. The minimum absolute atomic E-state index is 0.0151. The molecular weight excluding hydrogens is 215 g/mol. The fourth-order valence-corrected chi connectivity index (χ4v) is 2.20. The highest BCUT2D eigenvalue weighted by atomic mass is 19.1. The van der Waals surface area contributed by atoms with Crippen LogP contribution in [0.5, 0.6) is 0 Å². The summed E-state index contributed by atoms with van der Waals surface area (Å²) in [6.45, 7) is 5.12. The monoisotopic (exact) mass is 238 g/mol. The van der Waals surface area contributed by atoms with Gasteiger partial charge < -0.3 is 5.73 Å². The van der Waals surface area contributed by atoms with Crippen LogP contribution in [-0.2, 0) is 0 Å². The maximum absolute atomic E-state index is 13.2. The fourth-order valence-electron chi connectivity index (χ4n) is 2.20. The zero-order valence-corrected chi connectivity index (χ0v) is 11.0. The molecule has 3 heteroatoms. The normalized spacial score (nSPS) is 14.9. The van der Waals surface area contributed by atoms with Crippen LogP contribution in [0.4, 0.5) is 4.39 Å². The van der Waals surface area contributed by atoms with Gasteiger partial charge in [0.1, 0.15) is 5.82 Å². The molecule has 96 valence electrons. The van der Waals surface area contributed by atoms with E-state index in [2.05, 4.69) is 18.9 Å². The van der Waals surface area contributed by atoms with Crippen molar-refractivity contribution in [1.82, 2.24) is 4.90 Å². The summed E-state index contributed by atoms with van der Waals surface area (Å²) in [5.41, 5.74) is 6.98. The molecule has 1 rings (SSSR count). The second-order valence-electron chi connectivity index (χ2n) is 4.69. The number of nitrogens with zero attached hydrogens (tertiary/aromatic N) is 1. The number of hydrogen-bond acceptors (Lipinski definition) is 2. The van der Waals surface area contributed by atoms with Gasteiger partial charge in [-0.1, -0.05) is 25.5 Å². The van der Waals surface area contributed by atoms with Crippen LogP contribution in [0.1, 0.15) is 38.3 Å². The van der Waals surface area contributed by atoms with Crippen LogP contribution in [-0.4, -0.2) is 24.5 Å². The molecule has 0 spiro atoms. The Morgan fingerprint density at radius 1 is 1.41 bits per heavy atom. The van der Waals surface area contributed by atoms with Crippen molar-refractivity contribution >= 4 is 0 Å². The van der Waals surface area contributed by atoms with Crippen LogP contribution in [0.25, 0.3) is 0 Å². The van der Waals surface area contributed by atoms with Crippen molar-refractivity contribution in [2.45, 2.75) is 38.8 Å². The van der Waals surface area contributed by atoms with E-state index < -0.39 is 0 Å².